The van der Waals surface area contributed by atoms with Crippen LogP contribution in [0.1, 0.15) is 50.5 Å². The smallest absolute Gasteiger partial charge is 0.259 e. The summed E-state index contributed by atoms with van der Waals surface area (Å²) in [5, 5.41) is 4.18. The highest BCUT2D eigenvalue weighted by Gasteiger charge is 2.51. The lowest BCUT2D eigenvalue weighted by molar-refractivity contribution is -0.131. The normalized spacial score (nSPS) is 28.1. The van der Waals surface area contributed by atoms with Crippen LogP contribution in [0.4, 0.5) is 0 Å². The summed E-state index contributed by atoms with van der Waals surface area (Å²) in [6.45, 7) is -0.0875. The maximum absolute atomic E-state index is 12.7. The van der Waals surface area contributed by atoms with E-state index in [1.165, 1.54) is 50.5 Å². The van der Waals surface area contributed by atoms with Crippen molar-refractivity contribution < 1.29 is 19.1 Å². The fraction of sp³-hybridized carbons (Fsp3) is 0.625. The Kier molecular flexibility index (Phi) is 6.79. The van der Waals surface area contributed by atoms with E-state index in [2.05, 4.69) is 26.5 Å². The van der Waals surface area contributed by atoms with Gasteiger partial charge < -0.3 is 14.4 Å². The topological polar surface area (TPSA) is 80.2 Å². The van der Waals surface area contributed by atoms with E-state index in [4.69, 9.17) is 9.47 Å². The average molecular weight is 506 g/mol. The zero-order chi connectivity index (χ0) is 22.9. The Bertz CT molecular complexity index is 879. The van der Waals surface area contributed by atoms with E-state index in [9.17, 15) is 9.59 Å². The Balaban J connectivity index is 1.35. The molecular formula is C24H32BrN3O4. The first-order valence-electron chi connectivity index (χ1n) is 11.3. The van der Waals surface area contributed by atoms with Crippen LogP contribution in [0.5, 0.6) is 11.5 Å². The van der Waals surface area contributed by atoms with Crippen molar-refractivity contribution in [1.29, 1.82) is 0 Å². The number of nitrogens with one attached hydrogen (secondary N) is 1. The van der Waals surface area contributed by atoms with Gasteiger partial charge in [0.2, 0.25) is 5.91 Å². The number of hydrogen-bond acceptors (Lipinski definition) is 5. The van der Waals surface area contributed by atoms with Crippen molar-refractivity contribution in [3.63, 3.8) is 0 Å². The Morgan fingerprint density at radius 1 is 1.19 bits per heavy atom. The van der Waals surface area contributed by atoms with Crippen LogP contribution in [-0.4, -0.2) is 50.7 Å². The Morgan fingerprint density at radius 3 is 2.38 bits per heavy atom. The van der Waals surface area contributed by atoms with Gasteiger partial charge in [-0.25, -0.2) is 5.43 Å². The number of carbonyl (C=O) groups is 2. The van der Waals surface area contributed by atoms with Gasteiger partial charge in [0.15, 0.2) is 18.1 Å². The zero-order valence-electron chi connectivity index (χ0n) is 19.0. The molecule has 1 aromatic rings. The molecule has 1 N–H and O–H groups in total. The Hall–Kier alpha value is -2.09. The molecule has 1 aromatic carbocycles. The van der Waals surface area contributed by atoms with Crippen LogP contribution in [0.2, 0.25) is 0 Å². The van der Waals surface area contributed by atoms with E-state index in [-0.39, 0.29) is 23.8 Å². The quantitative estimate of drug-likeness (QED) is 0.427. The van der Waals surface area contributed by atoms with Gasteiger partial charge in [-0.2, -0.15) is 5.10 Å². The highest BCUT2D eigenvalue weighted by molar-refractivity contribution is 9.10. The summed E-state index contributed by atoms with van der Waals surface area (Å²) in [5.41, 5.74) is 3.67. The van der Waals surface area contributed by atoms with E-state index >= 15 is 0 Å². The Labute approximate surface area is 198 Å². The van der Waals surface area contributed by atoms with Crippen molar-refractivity contribution in [1.82, 2.24) is 10.3 Å². The second-order valence-corrected chi connectivity index (χ2v) is 10.9. The van der Waals surface area contributed by atoms with Gasteiger partial charge in [0.1, 0.15) is 0 Å². The second kappa shape index (κ2) is 9.41. The SMILES string of the molecule is COc1cc(/C=N/NC(=O)CC23CC4CC(CC(C4)C2)C3)cc(Br)c1OCC(=O)N(C)C. The number of nitrogens with zero attached hydrogens (tertiary/aromatic N) is 2. The zero-order valence-corrected chi connectivity index (χ0v) is 20.6. The van der Waals surface area contributed by atoms with E-state index in [0.29, 0.717) is 22.4 Å². The predicted octanol–water partition coefficient (Wildman–Crippen LogP) is 3.98. The minimum Gasteiger partial charge on any atom is -0.493 e. The van der Waals surface area contributed by atoms with E-state index in [1.807, 2.05) is 6.07 Å². The first-order valence-corrected chi connectivity index (χ1v) is 12.1. The molecule has 4 fully saturated rings. The number of carbonyl (C=O) groups excluding carboxylic acids is 2. The molecule has 5 rings (SSSR count). The van der Waals surface area contributed by atoms with Crippen LogP contribution in [0.15, 0.2) is 21.7 Å². The molecule has 0 radical (unpaired) electrons. The number of likely N-dealkylation sites (N-methyl/N-ethyl adjacent to an activating group) is 1. The lowest BCUT2D eigenvalue weighted by atomic mass is 9.49. The van der Waals surface area contributed by atoms with Gasteiger partial charge in [-0.05, 0) is 95.3 Å². The predicted molar refractivity (Wildman–Crippen MR) is 126 cm³/mol. The fourth-order valence-electron chi connectivity index (χ4n) is 6.28. The number of hydrazone groups is 1. The van der Waals surface area contributed by atoms with Gasteiger partial charge in [-0.3, -0.25) is 9.59 Å². The van der Waals surface area contributed by atoms with Crippen LogP contribution >= 0.6 is 15.9 Å². The minimum absolute atomic E-state index is 0.00335. The van der Waals surface area contributed by atoms with Crippen LogP contribution in [0, 0.1) is 23.2 Å². The summed E-state index contributed by atoms with van der Waals surface area (Å²) < 4.78 is 11.7. The van der Waals surface area contributed by atoms with Gasteiger partial charge in [-0.15, -0.1) is 0 Å². The van der Waals surface area contributed by atoms with E-state index < -0.39 is 0 Å². The van der Waals surface area contributed by atoms with Crippen molar-refractivity contribution >= 4 is 34.0 Å². The molecule has 0 aliphatic heterocycles. The number of methoxy groups -OCH3 is 1. The van der Waals surface area contributed by atoms with Crippen molar-refractivity contribution in [3.8, 4) is 11.5 Å². The molecule has 2 amide bonds. The maximum atomic E-state index is 12.7. The third kappa shape index (κ3) is 5.11. The molecule has 4 aliphatic rings. The molecule has 0 unspecified atom stereocenters. The molecule has 0 saturated heterocycles. The number of benzene rings is 1. The summed E-state index contributed by atoms with van der Waals surface area (Å²) in [4.78, 5) is 25.9. The number of hydrogen-bond donors (Lipinski definition) is 1. The molecule has 8 heteroatoms. The summed E-state index contributed by atoms with van der Waals surface area (Å²) in [6.07, 6.45) is 9.91. The van der Waals surface area contributed by atoms with Gasteiger partial charge >= 0.3 is 0 Å². The van der Waals surface area contributed by atoms with Crippen LogP contribution in [0.3, 0.4) is 0 Å². The number of rotatable bonds is 8. The fourth-order valence-corrected chi connectivity index (χ4v) is 6.86. The molecule has 0 aromatic heterocycles. The number of halogens is 1. The summed E-state index contributed by atoms with van der Waals surface area (Å²) >= 11 is 3.47. The largest absolute Gasteiger partial charge is 0.493 e. The molecule has 4 bridgehead atoms. The van der Waals surface area contributed by atoms with Gasteiger partial charge in [0.25, 0.3) is 5.91 Å². The lowest BCUT2D eigenvalue weighted by Crippen LogP contribution is -2.47. The lowest BCUT2D eigenvalue weighted by Gasteiger charge is -2.56. The summed E-state index contributed by atoms with van der Waals surface area (Å²) in [7, 11) is 4.89. The number of ether oxygens (including phenoxy) is 2. The van der Waals surface area contributed by atoms with Crippen molar-refractivity contribution in [2.24, 2.45) is 28.3 Å². The second-order valence-electron chi connectivity index (χ2n) is 10.00. The average Bonchev–Trinajstić information content (AvgIpc) is 2.70. The van der Waals surface area contributed by atoms with Crippen LogP contribution < -0.4 is 14.9 Å². The monoisotopic (exact) mass is 505 g/mol. The van der Waals surface area contributed by atoms with Gasteiger partial charge in [-0.1, -0.05) is 0 Å². The first-order chi connectivity index (χ1) is 15.3. The first kappa shape index (κ1) is 23.1. The Morgan fingerprint density at radius 2 is 1.81 bits per heavy atom. The number of amides is 2. The highest BCUT2D eigenvalue weighted by Crippen LogP contribution is 2.61. The van der Waals surface area contributed by atoms with Gasteiger partial charge in [0, 0.05) is 20.5 Å². The minimum atomic E-state index is -0.147. The molecule has 7 nitrogen and oxygen atoms in total. The van der Waals surface area contributed by atoms with Crippen molar-refractivity contribution in [3.05, 3.63) is 22.2 Å². The molecular weight excluding hydrogens is 474 g/mol. The van der Waals surface area contributed by atoms with E-state index in [1.54, 1.807) is 26.4 Å². The third-order valence-electron chi connectivity index (χ3n) is 7.19. The molecule has 4 saturated carbocycles. The molecule has 174 valence electrons. The summed E-state index contributed by atoms with van der Waals surface area (Å²) in [6, 6.07) is 3.57. The molecule has 32 heavy (non-hydrogen) atoms. The third-order valence-corrected chi connectivity index (χ3v) is 7.78. The summed E-state index contributed by atoms with van der Waals surface area (Å²) in [5.74, 6) is 3.27. The molecule has 0 atom stereocenters. The van der Waals surface area contributed by atoms with Crippen LogP contribution in [-0.2, 0) is 9.59 Å². The molecule has 0 spiro atoms. The molecule has 4 aliphatic carbocycles. The van der Waals surface area contributed by atoms with Crippen LogP contribution in [0.25, 0.3) is 0 Å². The van der Waals surface area contributed by atoms with Crippen molar-refractivity contribution in [2.45, 2.75) is 44.9 Å². The maximum Gasteiger partial charge on any atom is 0.259 e. The van der Waals surface area contributed by atoms with Crippen molar-refractivity contribution in [2.75, 3.05) is 27.8 Å². The molecule has 0 heterocycles. The highest BCUT2D eigenvalue weighted by atomic mass is 79.9. The van der Waals surface area contributed by atoms with E-state index in [0.717, 1.165) is 23.3 Å². The van der Waals surface area contributed by atoms with Gasteiger partial charge in [0.05, 0.1) is 17.8 Å². The standard InChI is InChI=1S/C24H32BrN3O4/c1-28(2)22(30)14-32-23-19(25)7-18(8-20(23)31-3)13-26-27-21(29)12-24-9-15-4-16(10-24)6-17(5-15)11-24/h7-8,13,15-17H,4-6,9-12,14H2,1-3H3,(H,27,29)/b26-13+.